The molecule has 1 saturated carbocycles. The summed E-state index contributed by atoms with van der Waals surface area (Å²) in [6.07, 6.45) is 2.71. The maximum absolute atomic E-state index is 5.46. The van der Waals surface area contributed by atoms with E-state index in [0.717, 1.165) is 30.9 Å². The van der Waals surface area contributed by atoms with Gasteiger partial charge in [-0.1, -0.05) is 0 Å². The number of nitrogens with one attached hydrogen (secondary N) is 1. The predicted molar refractivity (Wildman–Crippen MR) is 54.1 cm³/mol. The highest BCUT2D eigenvalue weighted by atomic mass is 16.5. The first-order valence-electron chi connectivity index (χ1n) is 5.09. The van der Waals surface area contributed by atoms with Gasteiger partial charge in [0.2, 0.25) is 0 Å². The van der Waals surface area contributed by atoms with Crippen molar-refractivity contribution in [2.75, 3.05) is 7.11 Å². The highest BCUT2D eigenvalue weighted by Crippen LogP contribution is 2.22. The van der Waals surface area contributed by atoms with Crippen LogP contribution < -0.4 is 5.32 Å². The fourth-order valence-corrected chi connectivity index (χ4v) is 1.75. The fourth-order valence-electron chi connectivity index (χ4n) is 1.75. The summed E-state index contributed by atoms with van der Waals surface area (Å²) in [6.45, 7) is 2.79. The average molecular weight is 195 g/mol. The van der Waals surface area contributed by atoms with E-state index >= 15 is 0 Å². The van der Waals surface area contributed by atoms with Crippen LogP contribution in [-0.2, 0) is 11.3 Å². The Morgan fingerprint density at radius 1 is 1.50 bits per heavy atom. The molecule has 1 N–H and O–H groups in total. The molecule has 0 spiro atoms. The minimum atomic E-state index is 0.464. The van der Waals surface area contributed by atoms with Gasteiger partial charge in [-0.2, -0.15) is 0 Å². The predicted octanol–water partition coefficient (Wildman–Crippen LogP) is 1.86. The Morgan fingerprint density at radius 2 is 2.29 bits per heavy atom. The van der Waals surface area contributed by atoms with E-state index in [0.29, 0.717) is 12.1 Å². The van der Waals surface area contributed by atoms with Gasteiger partial charge >= 0.3 is 0 Å². The highest BCUT2D eigenvalue weighted by molar-refractivity contribution is 5.05. The van der Waals surface area contributed by atoms with Crippen molar-refractivity contribution >= 4 is 0 Å². The van der Waals surface area contributed by atoms with Crippen LogP contribution in [0, 0.1) is 6.92 Å². The summed E-state index contributed by atoms with van der Waals surface area (Å²) >= 11 is 0. The lowest BCUT2D eigenvalue weighted by atomic mass is 9.89. The topological polar surface area (TPSA) is 34.4 Å². The van der Waals surface area contributed by atoms with Crippen LogP contribution >= 0.6 is 0 Å². The molecule has 1 aromatic rings. The molecule has 0 aromatic carbocycles. The minimum Gasteiger partial charge on any atom is -0.465 e. The van der Waals surface area contributed by atoms with E-state index in [1.54, 1.807) is 7.11 Å². The molecule has 3 heteroatoms. The summed E-state index contributed by atoms with van der Waals surface area (Å²) in [6, 6.07) is 4.62. The third-order valence-corrected chi connectivity index (χ3v) is 2.79. The summed E-state index contributed by atoms with van der Waals surface area (Å²) < 4.78 is 10.7. The van der Waals surface area contributed by atoms with Gasteiger partial charge in [0.05, 0.1) is 12.6 Å². The van der Waals surface area contributed by atoms with Crippen LogP contribution in [0.25, 0.3) is 0 Å². The van der Waals surface area contributed by atoms with E-state index in [-0.39, 0.29) is 0 Å². The van der Waals surface area contributed by atoms with Crippen molar-refractivity contribution < 1.29 is 9.15 Å². The molecule has 1 aromatic heterocycles. The maximum atomic E-state index is 5.46. The molecule has 1 aliphatic carbocycles. The molecule has 0 saturated heterocycles. The van der Waals surface area contributed by atoms with E-state index in [1.165, 1.54) is 0 Å². The smallest absolute Gasteiger partial charge is 0.117 e. The molecule has 0 bridgehead atoms. The van der Waals surface area contributed by atoms with Gasteiger partial charge in [0.25, 0.3) is 0 Å². The van der Waals surface area contributed by atoms with Crippen LogP contribution in [0.1, 0.15) is 24.4 Å². The molecule has 0 amide bonds. The average Bonchev–Trinajstić information content (AvgIpc) is 2.49. The molecule has 0 unspecified atom stereocenters. The Morgan fingerprint density at radius 3 is 2.86 bits per heavy atom. The molecule has 0 atom stereocenters. The van der Waals surface area contributed by atoms with Gasteiger partial charge in [0.1, 0.15) is 11.5 Å². The van der Waals surface area contributed by atoms with Crippen molar-refractivity contribution in [3.05, 3.63) is 23.7 Å². The third kappa shape index (κ3) is 2.16. The highest BCUT2D eigenvalue weighted by Gasteiger charge is 2.28. The zero-order chi connectivity index (χ0) is 9.97. The molecule has 1 aliphatic rings. The van der Waals surface area contributed by atoms with Crippen molar-refractivity contribution in [2.24, 2.45) is 0 Å². The molecule has 1 fully saturated rings. The largest absolute Gasteiger partial charge is 0.465 e. The Hall–Kier alpha value is -0.800. The molecule has 0 aliphatic heterocycles. The van der Waals surface area contributed by atoms with Crippen LogP contribution in [0.4, 0.5) is 0 Å². The summed E-state index contributed by atoms with van der Waals surface area (Å²) in [4.78, 5) is 0. The summed E-state index contributed by atoms with van der Waals surface area (Å²) in [7, 11) is 1.77. The van der Waals surface area contributed by atoms with Crippen LogP contribution in [0.3, 0.4) is 0 Å². The van der Waals surface area contributed by atoms with E-state index in [9.17, 15) is 0 Å². The van der Waals surface area contributed by atoms with Gasteiger partial charge < -0.3 is 14.5 Å². The lowest BCUT2D eigenvalue weighted by Crippen LogP contribution is -2.44. The van der Waals surface area contributed by atoms with Gasteiger partial charge in [-0.25, -0.2) is 0 Å². The molecule has 1 heterocycles. The second kappa shape index (κ2) is 4.15. The van der Waals surface area contributed by atoms with E-state index in [2.05, 4.69) is 5.32 Å². The first-order chi connectivity index (χ1) is 6.78. The number of hydrogen-bond donors (Lipinski definition) is 1. The van der Waals surface area contributed by atoms with E-state index < -0.39 is 0 Å². The second-order valence-corrected chi connectivity index (χ2v) is 3.92. The number of aryl methyl sites for hydroxylation is 1. The number of rotatable bonds is 4. The fraction of sp³-hybridized carbons (Fsp3) is 0.636. The van der Waals surface area contributed by atoms with Crippen LogP contribution in [0.15, 0.2) is 16.5 Å². The SMILES string of the molecule is COC1CC(NCc2ccc(C)o2)C1. The van der Waals surface area contributed by atoms with Gasteiger partial charge in [-0.05, 0) is 31.9 Å². The molecular formula is C11H17NO2. The first-order valence-corrected chi connectivity index (χ1v) is 5.09. The third-order valence-electron chi connectivity index (χ3n) is 2.79. The summed E-state index contributed by atoms with van der Waals surface area (Å²) in [5.41, 5.74) is 0. The minimum absolute atomic E-state index is 0.464. The van der Waals surface area contributed by atoms with Crippen molar-refractivity contribution in [3.63, 3.8) is 0 Å². The molecule has 78 valence electrons. The number of methoxy groups -OCH3 is 1. The summed E-state index contributed by atoms with van der Waals surface area (Å²) in [5.74, 6) is 1.99. The van der Waals surface area contributed by atoms with Crippen LogP contribution in [0.2, 0.25) is 0 Å². The zero-order valence-corrected chi connectivity index (χ0v) is 8.75. The van der Waals surface area contributed by atoms with Crippen molar-refractivity contribution in [1.82, 2.24) is 5.32 Å². The van der Waals surface area contributed by atoms with Crippen molar-refractivity contribution in [2.45, 2.75) is 38.5 Å². The summed E-state index contributed by atoms with van der Waals surface area (Å²) in [5, 5.41) is 3.44. The standard InChI is InChI=1S/C11H17NO2/c1-8-3-4-10(14-8)7-12-9-5-11(6-9)13-2/h3-4,9,11-12H,5-7H2,1-2H3. The second-order valence-electron chi connectivity index (χ2n) is 3.92. The lowest BCUT2D eigenvalue weighted by Gasteiger charge is -2.34. The Labute approximate surface area is 84.4 Å². The maximum Gasteiger partial charge on any atom is 0.117 e. The normalized spacial score (nSPS) is 26.1. The van der Waals surface area contributed by atoms with Gasteiger partial charge in [0, 0.05) is 13.2 Å². The number of furan rings is 1. The first kappa shape index (κ1) is 9.74. The molecule has 2 rings (SSSR count). The van der Waals surface area contributed by atoms with Crippen LogP contribution in [0.5, 0.6) is 0 Å². The number of ether oxygens (including phenoxy) is 1. The van der Waals surface area contributed by atoms with Crippen molar-refractivity contribution in [3.8, 4) is 0 Å². The van der Waals surface area contributed by atoms with E-state index in [4.69, 9.17) is 9.15 Å². The van der Waals surface area contributed by atoms with Crippen LogP contribution in [-0.4, -0.2) is 19.3 Å². The van der Waals surface area contributed by atoms with Gasteiger partial charge in [-0.3, -0.25) is 0 Å². The lowest BCUT2D eigenvalue weighted by molar-refractivity contribution is 0.0165. The molecule has 0 radical (unpaired) electrons. The van der Waals surface area contributed by atoms with Gasteiger partial charge in [0.15, 0.2) is 0 Å². The Balaban J connectivity index is 1.69. The monoisotopic (exact) mass is 195 g/mol. The zero-order valence-electron chi connectivity index (χ0n) is 8.75. The Bertz CT molecular complexity index is 289. The molecular weight excluding hydrogens is 178 g/mol. The van der Waals surface area contributed by atoms with Gasteiger partial charge in [-0.15, -0.1) is 0 Å². The molecule has 3 nitrogen and oxygen atoms in total. The Kier molecular flexibility index (Phi) is 2.89. The number of hydrogen-bond acceptors (Lipinski definition) is 3. The molecule has 14 heavy (non-hydrogen) atoms. The van der Waals surface area contributed by atoms with E-state index in [1.807, 2.05) is 19.1 Å². The quantitative estimate of drug-likeness (QED) is 0.796. The van der Waals surface area contributed by atoms with Crippen molar-refractivity contribution in [1.29, 1.82) is 0 Å².